The third kappa shape index (κ3) is 3.97. The number of sulfonamides is 1. The maximum absolute atomic E-state index is 13.9. The average Bonchev–Trinajstić information content (AvgIpc) is 3.03. The summed E-state index contributed by atoms with van der Waals surface area (Å²) in [6.45, 7) is 0. The van der Waals surface area contributed by atoms with Crippen molar-refractivity contribution < 1.29 is 26.0 Å². The molecule has 2 heterocycles. The predicted molar refractivity (Wildman–Crippen MR) is 93.1 cm³/mol. The quantitative estimate of drug-likeness (QED) is 0.477. The molecule has 148 valence electrons. The topological polar surface area (TPSA) is 90.9 Å². The number of nitrogens with two attached hydrogens (primary N) is 1. The van der Waals surface area contributed by atoms with Crippen LogP contribution in [0.5, 0.6) is 0 Å². The summed E-state index contributed by atoms with van der Waals surface area (Å²) in [5, 5.41) is 7.98. The van der Waals surface area contributed by atoms with Gasteiger partial charge >= 0.3 is 6.18 Å². The molecule has 0 saturated heterocycles. The molecular weight excluding hydrogens is 447 g/mol. The molecule has 13 heteroatoms. The van der Waals surface area contributed by atoms with E-state index in [0.29, 0.717) is 6.07 Å². The summed E-state index contributed by atoms with van der Waals surface area (Å²) in [5.41, 5.74) is -1.64. The Balaban J connectivity index is 2.24. The second-order valence-electron chi connectivity index (χ2n) is 5.47. The van der Waals surface area contributed by atoms with Crippen molar-refractivity contribution in [3.8, 4) is 17.1 Å². The largest absolute Gasteiger partial charge is 0.435 e. The molecule has 0 unspecified atom stereocenters. The molecule has 1 aromatic carbocycles. The van der Waals surface area contributed by atoms with Crippen molar-refractivity contribution >= 4 is 33.2 Å². The summed E-state index contributed by atoms with van der Waals surface area (Å²) in [7, 11) is -4.06. The first-order chi connectivity index (χ1) is 12.9. The highest BCUT2D eigenvalue weighted by Crippen LogP contribution is 2.37. The fourth-order valence-electron chi connectivity index (χ4n) is 2.27. The molecule has 0 atom stereocenters. The molecule has 0 aliphatic carbocycles. The van der Waals surface area contributed by atoms with Gasteiger partial charge in [0.25, 0.3) is 0 Å². The zero-order valence-electron chi connectivity index (χ0n) is 13.4. The van der Waals surface area contributed by atoms with Crippen LogP contribution in [0.2, 0.25) is 10.0 Å². The van der Waals surface area contributed by atoms with Gasteiger partial charge in [-0.1, -0.05) is 23.2 Å². The first kappa shape index (κ1) is 20.5. The van der Waals surface area contributed by atoms with E-state index in [1.165, 1.54) is 0 Å². The number of rotatable bonds is 3. The minimum Gasteiger partial charge on any atom is -0.236 e. The average molecular weight is 455 g/mol. The number of hydrogen-bond acceptors (Lipinski definition) is 4. The molecule has 0 radical (unpaired) electrons. The van der Waals surface area contributed by atoms with Crippen LogP contribution in [0.1, 0.15) is 5.69 Å². The fourth-order valence-corrected chi connectivity index (χ4v) is 3.21. The van der Waals surface area contributed by atoms with Gasteiger partial charge in [-0.25, -0.2) is 27.6 Å². The van der Waals surface area contributed by atoms with Gasteiger partial charge in [-0.2, -0.15) is 18.3 Å². The van der Waals surface area contributed by atoms with E-state index in [-0.39, 0.29) is 32.0 Å². The second-order valence-corrected chi connectivity index (χ2v) is 7.84. The number of alkyl halides is 3. The molecule has 0 aliphatic heterocycles. The van der Waals surface area contributed by atoms with Crippen LogP contribution < -0.4 is 5.14 Å². The lowest BCUT2D eigenvalue weighted by Crippen LogP contribution is -2.13. The molecule has 2 N–H and O–H groups in total. The SMILES string of the molecule is NS(=O)(=O)c1ccc(-n2nc(C(F)(F)F)cc2-c2cc(F)c(Cl)cc2Cl)nc1. The Morgan fingerprint density at radius 1 is 1.07 bits per heavy atom. The Morgan fingerprint density at radius 2 is 1.75 bits per heavy atom. The van der Waals surface area contributed by atoms with Gasteiger partial charge in [-0.05, 0) is 30.3 Å². The molecule has 0 bridgehead atoms. The second kappa shape index (κ2) is 6.99. The highest BCUT2D eigenvalue weighted by molar-refractivity contribution is 7.89. The summed E-state index contributed by atoms with van der Waals surface area (Å²) in [4.78, 5) is 3.43. The van der Waals surface area contributed by atoms with Crippen LogP contribution >= 0.6 is 23.2 Å². The number of nitrogens with zero attached hydrogens (tertiary/aromatic N) is 3. The maximum atomic E-state index is 13.9. The Kier molecular flexibility index (Phi) is 5.13. The van der Waals surface area contributed by atoms with Crippen molar-refractivity contribution in [3.05, 3.63) is 58.1 Å². The molecule has 2 aromatic heterocycles. The van der Waals surface area contributed by atoms with E-state index in [1.54, 1.807) is 0 Å². The van der Waals surface area contributed by atoms with Crippen LogP contribution in [0.3, 0.4) is 0 Å². The predicted octanol–water partition coefficient (Wildman–Crippen LogP) is 4.05. The third-order valence-corrected chi connectivity index (χ3v) is 5.05. The van der Waals surface area contributed by atoms with Crippen molar-refractivity contribution in [2.24, 2.45) is 5.14 Å². The van der Waals surface area contributed by atoms with Gasteiger partial charge in [0, 0.05) is 11.8 Å². The van der Waals surface area contributed by atoms with Crippen LogP contribution in [0.4, 0.5) is 17.6 Å². The van der Waals surface area contributed by atoms with E-state index in [4.69, 9.17) is 28.3 Å². The zero-order valence-corrected chi connectivity index (χ0v) is 15.7. The van der Waals surface area contributed by atoms with Gasteiger partial charge in [-0.15, -0.1) is 0 Å². The summed E-state index contributed by atoms with van der Waals surface area (Å²) >= 11 is 11.6. The summed E-state index contributed by atoms with van der Waals surface area (Å²) in [6, 6.07) is 4.69. The van der Waals surface area contributed by atoms with Gasteiger partial charge in [0.1, 0.15) is 10.7 Å². The maximum Gasteiger partial charge on any atom is 0.435 e. The molecule has 3 aromatic rings. The van der Waals surface area contributed by atoms with Crippen molar-refractivity contribution in [2.45, 2.75) is 11.1 Å². The zero-order chi connectivity index (χ0) is 20.9. The summed E-state index contributed by atoms with van der Waals surface area (Å²) in [5.74, 6) is -1.08. The van der Waals surface area contributed by atoms with Crippen LogP contribution in [-0.4, -0.2) is 23.2 Å². The Hall–Kier alpha value is -2.21. The molecule has 0 spiro atoms. The molecular formula is C15H8Cl2F4N4O2S. The van der Waals surface area contributed by atoms with Gasteiger partial charge in [0.2, 0.25) is 10.0 Å². The van der Waals surface area contributed by atoms with E-state index in [2.05, 4.69) is 10.1 Å². The number of hydrogen-bond donors (Lipinski definition) is 1. The number of aromatic nitrogens is 3. The molecule has 0 amide bonds. The Bertz CT molecular complexity index is 1160. The van der Waals surface area contributed by atoms with Crippen molar-refractivity contribution in [3.63, 3.8) is 0 Å². The van der Waals surface area contributed by atoms with E-state index in [9.17, 15) is 26.0 Å². The van der Waals surface area contributed by atoms with Crippen LogP contribution in [0.25, 0.3) is 17.1 Å². The van der Waals surface area contributed by atoms with Crippen molar-refractivity contribution in [2.75, 3.05) is 0 Å². The van der Waals surface area contributed by atoms with Gasteiger partial charge in [0.15, 0.2) is 11.5 Å². The standard InChI is InChI=1S/C15H8Cl2F4N4O2S/c16-9-4-10(17)11(18)3-8(9)12-5-13(15(19,20)21)24-25(12)14-2-1-7(6-23-14)28(22,26)27/h1-6H,(H2,22,26,27). The van der Waals surface area contributed by atoms with Crippen molar-refractivity contribution in [1.82, 2.24) is 14.8 Å². The van der Waals surface area contributed by atoms with Crippen LogP contribution in [0, 0.1) is 5.82 Å². The van der Waals surface area contributed by atoms with Gasteiger partial charge in [-0.3, -0.25) is 0 Å². The highest BCUT2D eigenvalue weighted by atomic mass is 35.5. The fraction of sp³-hybridized carbons (Fsp3) is 0.0667. The molecule has 0 saturated carbocycles. The normalized spacial score (nSPS) is 12.4. The van der Waals surface area contributed by atoms with E-state index in [1.807, 2.05) is 0 Å². The number of pyridine rings is 1. The summed E-state index contributed by atoms with van der Waals surface area (Å²) < 4.78 is 76.7. The molecule has 3 rings (SSSR count). The highest BCUT2D eigenvalue weighted by Gasteiger charge is 2.36. The molecule has 6 nitrogen and oxygen atoms in total. The monoisotopic (exact) mass is 454 g/mol. The number of halogens is 6. The summed E-state index contributed by atoms with van der Waals surface area (Å²) in [6.07, 6.45) is -3.95. The lowest BCUT2D eigenvalue weighted by Gasteiger charge is -2.09. The van der Waals surface area contributed by atoms with E-state index in [0.717, 1.165) is 35.1 Å². The third-order valence-electron chi connectivity index (χ3n) is 3.55. The minimum atomic E-state index is -4.81. The van der Waals surface area contributed by atoms with E-state index >= 15 is 0 Å². The van der Waals surface area contributed by atoms with Crippen LogP contribution in [-0.2, 0) is 16.2 Å². The van der Waals surface area contributed by atoms with Gasteiger partial charge < -0.3 is 0 Å². The number of benzene rings is 1. The smallest absolute Gasteiger partial charge is 0.236 e. The molecule has 0 fully saturated rings. The minimum absolute atomic E-state index is 0.121. The van der Waals surface area contributed by atoms with Gasteiger partial charge in [0.05, 0.1) is 15.7 Å². The first-order valence-corrected chi connectivity index (χ1v) is 9.49. The molecule has 28 heavy (non-hydrogen) atoms. The van der Waals surface area contributed by atoms with E-state index < -0.39 is 27.7 Å². The van der Waals surface area contributed by atoms with Crippen molar-refractivity contribution in [1.29, 1.82) is 0 Å². The van der Waals surface area contributed by atoms with Crippen LogP contribution in [0.15, 0.2) is 41.4 Å². The Labute approximate surface area is 165 Å². The lowest BCUT2D eigenvalue weighted by atomic mass is 10.1. The first-order valence-electron chi connectivity index (χ1n) is 7.19. The Morgan fingerprint density at radius 3 is 2.29 bits per heavy atom. The number of primary sulfonamides is 1. The lowest BCUT2D eigenvalue weighted by molar-refractivity contribution is -0.141. The molecule has 0 aliphatic rings.